The number of anilines is 1. The van der Waals surface area contributed by atoms with Crippen LogP contribution in [-0.4, -0.2) is 15.0 Å². The predicted octanol–water partition coefficient (Wildman–Crippen LogP) is 4.14. The molecule has 22 heavy (non-hydrogen) atoms. The Bertz CT molecular complexity index is 781. The monoisotopic (exact) mass is 310 g/mol. The van der Waals surface area contributed by atoms with Crippen LogP contribution in [0.1, 0.15) is 21.0 Å². The van der Waals surface area contributed by atoms with Gasteiger partial charge in [0.1, 0.15) is 11.5 Å². The highest BCUT2D eigenvalue weighted by Gasteiger charge is 2.10. The van der Waals surface area contributed by atoms with Gasteiger partial charge < -0.3 is 5.32 Å². The summed E-state index contributed by atoms with van der Waals surface area (Å²) in [6.45, 7) is 6.94. The molecule has 0 aliphatic heterocycles. The minimum absolute atomic E-state index is 0.661. The van der Waals surface area contributed by atoms with Gasteiger partial charge in [0.2, 0.25) is 0 Å². The zero-order valence-corrected chi connectivity index (χ0v) is 13.7. The van der Waals surface area contributed by atoms with E-state index >= 15 is 0 Å². The molecule has 0 aliphatic carbocycles. The highest BCUT2D eigenvalue weighted by molar-refractivity contribution is 7.11. The van der Waals surface area contributed by atoms with Crippen LogP contribution in [0.25, 0.3) is 11.5 Å². The number of aryl methyl sites for hydroxylation is 2. The first kappa shape index (κ1) is 14.7. The summed E-state index contributed by atoms with van der Waals surface area (Å²) in [5, 5.41) is 3.43. The maximum absolute atomic E-state index is 4.65. The fourth-order valence-corrected chi connectivity index (χ4v) is 2.99. The van der Waals surface area contributed by atoms with Crippen LogP contribution in [0.15, 0.2) is 36.5 Å². The summed E-state index contributed by atoms with van der Waals surface area (Å²) in [5.41, 5.74) is 2.84. The third kappa shape index (κ3) is 3.14. The van der Waals surface area contributed by atoms with Crippen molar-refractivity contribution in [1.82, 2.24) is 15.0 Å². The SMILES string of the molecule is Cc1ccc(CNc2nc(-c3ccccn3)nc(C)c2C)s1. The molecule has 112 valence electrons. The third-order valence-electron chi connectivity index (χ3n) is 3.51. The van der Waals surface area contributed by atoms with E-state index in [1.54, 1.807) is 17.5 Å². The maximum atomic E-state index is 4.65. The van der Waals surface area contributed by atoms with Crippen molar-refractivity contribution in [3.63, 3.8) is 0 Å². The predicted molar refractivity (Wildman–Crippen MR) is 91.1 cm³/mol. The lowest BCUT2D eigenvalue weighted by Gasteiger charge is -2.11. The van der Waals surface area contributed by atoms with Crippen molar-refractivity contribution < 1.29 is 0 Å². The van der Waals surface area contributed by atoms with Crippen molar-refractivity contribution in [2.45, 2.75) is 27.3 Å². The van der Waals surface area contributed by atoms with Gasteiger partial charge in [-0.15, -0.1) is 11.3 Å². The maximum Gasteiger partial charge on any atom is 0.180 e. The second-order valence-electron chi connectivity index (χ2n) is 5.19. The molecule has 4 nitrogen and oxygen atoms in total. The third-order valence-corrected chi connectivity index (χ3v) is 4.51. The Morgan fingerprint density at radius 2 is 1.91 bits per heavy atom. The average Bonchev–Trinajstić information content (AvgIpc) is 2.95. The van der Waals surface area contributed by atoms with E-state index in [1.807, 2.05) is 32.0 Å². The number of pyridine rings is 1. The number of hydrogen-bond acceptors (Lipinski definition) is 5. The molecule has 0 aromatic carbocycles. The van der Waals surface area contributed by atoms with E-state index in [1.165, 1.54) is 9.75 Å². The lowest BCUT2D eigenvalue weighted by molar-refractivity contribution is 1.03. The summed E-state index contributed by atoms with van der Waals surface area (Å²) in [6.07, 6.45) is 1.76. The normalized spacial score (nSPS) is 10.7. The Morgan fingerprint density at radius 1 is 1.05 bits per heavy atom. The number of thiophene rings is 1. The molecule has 0 fully saturated rings. The van der Waals surface area contributed by atoms with Gasteiger partial charge in [0.05, 0.1) is 6.54 Å². The van der Waals surface area contributed by atoms with Crippen LogP contribution in [0, 0.1) is 20.8 Å². The Kier molecular flexibility index (Phi) is 4.15. The fourth-order valence-electron chi connectivity index (χ4n) is 2.16. The van der Waals surface area contributed by atoms with Crippen LogP contribution < -0.4 is 5.32 Å². The van der Waals surface area contributed by atoms with E-state index in [9.17, 15) is 0 Å². The van der Waals surface area contributed by atoms with Crippen LogP contribution in [0.3, 0.4) is 0 Å². The lowest BCUT2D eigenvalue weighted by Crippen LogP contribution is -2.06. The van der Waals surface area contributed by atoms with E-state index in [0.29, 0.717) is 5.82 Å². The summed E-state index contributed by atoms with van der Waals surface area (Å²) in [7, 11) is 0. The second kappa shape index (κ2) is 6.23. The Balaban J connectivity index is 1.88. The number of hydrogen-bond donors (Lipinski definition) is 1. The van der Waals surface area contributed by atoms with Crippen LogP contribution >= 0.6 is 11.3 Å². The van der Waals surface area contributed by atoms with Crippen molar-refractivity contribution in [2.75, 3.05) is 5.32 Å². The second-order valence-corrected chi connectivity index (χ2v) is 6.56. The molecule has 1 N–H and O–H groups in total. The first-order valence-electron chi connectivity index (χ1n) is 7.19. The van der Waals surface area contributed by atoms with Crippen LogP contribution in [0.4, 0.5) is 5.82 Å². The van der Waals surface area contributed by atoms with E-state index < -0.39 is 0 Å². The molecule has 0 amide bonds. The van der Waals surface area contributed by atoms with Gasteiger partial charge in [-0.1, -0.05) is 6.07 Å². The highest BCUT2D eigenvalue weighted by atomic mass is 32.1. The van der Waals surface area contributed by atoms with Gasteiger partial charge in [-0.3, -0.25) is 4.98 Å². The Hall–Kier alpha value is -2.27. The minimum atomic E-state index is 0.661. The Morgan fingerprint density at radius 3 is 2.59 bits per heavy atom. The van der Waals surface area contributed by atoms with Crippen LogP contribution in [0.2, 0.25) is 0 Å². The van der Waals surface area contributed by atoms with Gasteiger partial charge in [0.25, 0.3) is 0 Å². The average molecular weight is 310 g/mol. The zero-order chi connectivity index (χ0) is 15.5. The molecule has 0 atom stereocenters. The summed E-state index contributed by atoms with van der Waals surface area (Å²) >= 11 is 1.80. The molecule has 3 heterocycles. The minimum Gasteiger partial charge on any atom is -0.365 e. The van der Waals surface area contributed by atoms with Crippen molar-refractivity contribution in [2.24, 2.45) is 0 Å². The van der Waals surface area contributed by atoms with Gasteiger partial charge in [0.15, 0.2) is 5.82 Å². The molecule has 0 radical (unpaired) electrons. The summed E-state index contributed by atoms with van der Waals surface area (Å²) in [5.74, 6) is 1.53. The lowest BCUT2D eigenvalue weighted by atomic mass is 10.2. The molecule has 3 rings (SSSR count). The van der Waals surface area contributed by atoms with Crippen molar-refractivity contribution >= 4 is 17.2 Å². The fraction of sp³-hybridized carbons (Fsp3) is 0.235. The largest absolute Gasteiger partial charge is 0.365 e. The van der Waals surface area contributed by atoms with Crippen LogP contribution in [-0.2, 0) is 6.54 Å². The van der Waals surface area contributed by atoms with Gasteiger partial charge in [-0.05, 0) is 45.0 Å². The summed E-state index contributed by atoms with van der Waals surface area (Å²) < 4.78 is 0. The number of nitrogens with zero attached hydrogens (tertiary/aromatic N) is 3. The molecule has 0 unspecified atom stereocenters. The molecule has 5 heteroatoms. The quantitative estimate of drug-likeness (QED) is 0.787. The standard InChI is InChI=1S/C17H18N4S/c1-11-7-8-14(22-11)10-19-16-12(2)13(3)20-17(21-16)15-6-4-5-9-18-15/h4-9H,10H2,1-3H3,(H,19,20,21). The summed E-state index contributed by atoms with van der Waals surface area (Å²) in [6, 6.07) is 10.1. The first-order chi connectivity index (χ1) is 10.6. The highest BCUT2D eigenvalue weighted by Crippen LogP contribution is 2.22. The molecule has 0 aliphatic rings. The molecule has 0 spiro atoms. The molecule has 0 saturated heterocycles. The van der Waals surface area contributed by atoms with E-state index in [0.717, 1.165) is 29.3 Å². The van der Waals surface area contributed by atoms with Gasteiger partial charge >= 0.3 is 0 Å². The number of rotatable bonds is 4. The first-order valence-corrected chi connectivity index (χ1v) is 8.01. The Labute approximate surface area is 134 Å². The van der Waals surface area contributed by atoms with E-state index in [-0.39, 0.29) is 0 Å². The van der Waals surface area contributed by atoms with Crippen molar-refractivity contribution in [1.29, 1.82) is 0 Å². The topological polar surface area (TPSA) is 50.7 Å². The molecule has 3 aromatic rings. The van der Waals surface area contributed by atoms with Crippen LogP contribution in [0.5, 0.6) is 0 Å². The summed E-state index contributed by atoms with van der Waals surface area (Å²) in [4.78, 5) is 16.1. The smallest absolute Gasteiger partial charge is 0.180 e. The van der Waals surface area contributed by atoms with E-state index in [4.69, 9.17) is 0 Å². The number of nitrogens with one attached hydrogen (secondary N) is 1. The van der Waals surface area contributed by atoms with Gasteiger partial charge in [0, 0.05) is 27.2 Å². The van der Waals surface area contributed by atoms with E-state index in [2.05, 4.69) is 39.3 Å². The molecular weight excluding hydrogens is 292 g/mol. The van der Waals surface area contributed by atoms with Gasteiger partial charge in [-0.2, -0.15) is 0 Å². The molecule has 3 aromatic heterocycles. The van der Waals surface area contributed by atoms with Crippen molar-refractivity contribution in [3.05, 3.63) is 57.5 Å². The van der Waals surface area contributed by atoms with Crippen molar-refractivity contribution in [3.8, 4) is 11.5 Å². The molecule has 0 saturated carbocycles. The van der Waals surface area contributed by atoms with Gasteiger partial charge in [-0.25, -0.2) is 9.97 Å². The molecule has 0 bridgehead atoms. The molecular formula is C17H18N4S. The zero-order valence-electron chi connectivity index (χ0n) is 12.9. The number of aromatic nitrogens is 3.